The quantitative estimate of drug-likeness (QED) is 0.723. The largest absolute Gasteiger partial charge is 0.416 e. The van der Waals surface area contributed by atoms with E-state index in [1.807, 2.05) is 0 Å². The molecular weight excluding hydrogens is 410 g/mol. The number of halogens is 6. The normalized spacial score (nSPS) is 15.9. The van der Waals surface area contributed by atoms with Gasteiger partial charge in [0.05, 0.1) is 16.0 Å². The van der Waals surface area contributed by atoms with Crippen molar-refractivity contribution in [3.8, 4) is 0 Å². The summed E-state index contributed by atoms with van der Waals surface area (Å²) >= 11 is 0. The molecule has 0 aliphatic carbocycles. The van der Waals surface area contributed by atoms with E-state index in [0.29, 0.717) is 13.1 Å². The minimum atomic E-state index is -5.14. The molecule has 1 fully saturated rings. The van der Waals surface area contributed by atoms with Crippen LogP contribution < -0.4 is 10.0 Å². The summed E-state index contributed by atoms with van der Waals surface area (Å²) in [4.78, 5) is -1.12. The summed E-state index contributed by atoms with van der Waals surface area (Å²) in [6.45, 7) is 1.39. The maximum atomic E-state index is 12.9. The highest BCUT2D eigenvalue weighted by atomic mass is 32.2. The topological polar surface area (TPSA) is 58.2 Å². The summed E-state index contributed by atoms with van der Waals surface area (Å²) in [5.74, 6) is 0.162. The Balaban J connectivity index is 1.99. The lowest BCUT2D eigenvalue weighted by Gasteiger charge is -2.27. The lowest BCUT2D eigenvalue weighted by molar-refractivity contribution is -0.143. The van der Waals surface area contributed by atoms with Crippen LogP contribution in [0.1, 0.15) is 22.6 Å². The fraction of sp³-hybridized carbons (Fsp3) is 0.294. The third-order valence-electron chi connectivity index (χ3n) is 4.26. The maximum Gasteiger partial charge on any atom is 0.416 e. The predicted octanol–water partition coefficient (Wildman–Crippen LogP) is 4.21. The number of nitrogens with one attached hydrogen (secondary N) is 2. The highest BCUT2D eigenvalue weighted by Gasteiger charge is 2.38. The number of rotatable bonds is 4. The van der Waals surface area contributed by atoms with E-state index in [-0.39, 0.29) is 29.8 Å². The van der Waals surface area contributed by atoms with E-state index in [1.54, 1.807) is 12.1 Å². The van der Waals surface area contributed by atoms with E-state index < -0.39 is 38.4 Å². The van der Waals surface area contributed by atoms with E-state index in [4.69, 9.17) is 0 Å². The Bertz CT molecular complexity index is 950. The Morgan fingerprint density at radius 1 is 0.893 bits per heavy atom. The lowest BCUT2D eigenvalue weighted by atomic mass is 9.94. The van der Waals surface area contributed by atoms with E-state index in [0.717, 1.165) is 5.56 Å². The van der Waals surface area contributed by atoms with Crippen molar-refractivity contribution >= 4 is 15.7 Å². The fourth-order valence-corrected chi connectivity index (χ4v) is 3.80. The van der Waals surface area contributed by atoms with Gasteiger partial charge < -0.3 is 5.32 Å². The minimum absolute atomic E-state index is 0.0513. The summed E-state index contributed by atoms with van der Waals surface area (Å²) in [7, 11) is -4.68. The molecule has 4 nitrogen and oxygen atoms in total. The molecule has 3 rings (SSSR count). The van der Waals surface area contributed by atoms with E-state index in [2.05, 4.69) is 10.0 Å². The van der Waals surface area contributed by atoms with Gasteiger partial charge in [-0.1, -0.05) is 12.1 Å². The van der Waals surface area contributed by atoms with Crippen molar-refractivity contribution < 1.29 is 34.8 Å². The Morgan fingerprint density at radius 3 is 1.93 bits per heavy atom. The van der Waals surface area contributed by atoms with Crippen molar-refractivity contribution in [2.75, 3.05) is 17.8 Å². The van der Waals surface area contributed by atoms with Gasteiger partial charge in [-0.25, -0.2) is 8.42 Å². The molecule has 1 saturated heterocycles. The number of sulfonamides is 1. The van der Waals surface area contributed by atoms with E-state index in [1.165, 1.54) is 12.1 Å². The van der Waals surface area contributed by atoms with Crippen LogP contribution in [0, 0.1) is 0 Å². The van der Waals surface area contributed by atoms with Crippen LogP contribution >= 0.6 is 0 Å². The fourth-order valence-electron chi connectivity index (χ4n) is 2.68. The first-order valence-electron chi connectivity index (χ1n) is 7.99. The summed E-state index contributed by atoms with van der Waals surface area (Å²) in [5.41, 5.74) is -2.54. The smallest absolute Gasteiger partial charge is 0.315 e. The van der Waals surface area contributed by atoms with Gasteiger partial charge in [-0.15, -0.1) is 0 Å². The van der Waals surface area contributed by atoms with Crippen molar-refractivity contribution in [1.82, 2.24) is 5.32 Å². The van der Waals surface area contributed by atoms with Gasteiger partial charge in [0.25, 0.3) is 10.0 Å². The molecule has 2 aromatic carbocycles. The van der Waals surface area contributed by atoms with Crippen molar-refractivity contribution in [1.29, 1.82) is 0 Å². The average Bonchev–Trinajstić information content (AvgIpc) is 2.51. The molecule has 0 saturated carbocycles. The molecular formula is C17H14F6N2O2S. The molecule has 0 amide bonds. The van der Waals surface area contributed by atoms with Crippen LogP contribution in [0.15, 0.2) is 47.4 Å². The first-order valence-corrected chi connectivity index (χ1v) is 9.47. The second kappa shape index (κ2) is 6.96. The molecule has 2 N–H and O–H groups in total. The zero-order valence-corrected chi connectivity index (χ0v) is 14.8. The number of benzene rings is 2. The molecule has 0 aromatic heterocycles. The van der Waals surface area contributed by atoms with Crippen LogP contribution in [-0.4, -0.2) is 21.5 Å². The third kappa shape index (κ3) is 4.41. The molecule has 0 atom stereocenters. The second-order valence-corrected chi connectivity index (χ2v) is 8.01. The third-order valence-corrected chi connectivity index (χ3v) is 5.62. The highest BCUT2D eigenvalue weighted by molar-refractivity contribution is 7.92. The Kier molecular flexibility index (Phi) is 5.09. The SMILES string of the molecule is O=S(=O)(Nc1cccc(C2CNC2)c1)c1cc(C(F)(F)F)cc(C(F)(F)F)c1. The second-order valence-electron chi connectivity index (χ2n) is 6.33. The highest BCUT2D eigenvalue weighted by Crippen LogP contribution is 2.37. The summed E-state index contributed by atoms with van der Waals surface area (Å²) < 4.78 is 105. The molecule has 0 unspecified atom stereocenters. The van der Waals surface area contributed by atoms with Gasteiger partial charge in [0.15, 0.2) is 0 Å². The number of hydrogen-bond acceptors (Lipinski definition) is 3. The number of alkyl halides is 6. The van der Waals surface area contributed by atoms with Crippen molar-refractivity contribution in [2.24, 2.45) is 0 Å². The predicted molar refractivity (Wildman–Crippen MR) is 89.3 cm³/mol. The molecule has 152 valence electrons. The van der Waals surface area contributed by atoms with Crippen molar-refractivity contribution in [3.63, 3.8) is 0 Å². The van der Waals surface area contributed by atoms with E-state index in [9.17, 15) is 34.8 Å². The van der Waals surface area contributed by atoms with Gasteiger partial charge in [0.1, 0.15) is 0 Å². The molecule has 0 spiro atoms. The Morgan fingerprint density at radius 2 is 1.46 bits per heavy atom. The van der Waals surface area contributed by atoms with Gasteiger partial charge in [-0.05, 0) is 35.9 Å². The Hall–Kier alpha value is -2.27. The summed E-state index contributed by atoms with van der Waals surface area (Å²) in [6.07, 6.45) is -10.3. The average molecular weight is 424 g/mol. The molecule has 0 radical (unpaired) electrons. The van der Waals surface area contributed by atoms with Crippen LogP contribution in [0.3, 0.4) is 0 Å². The minimum Gasteiger partial charge on any atom is -0.315 e. The molecule has 28 heavy (non-hydrogen) atoms. The standard InChI is InChI=1S/C17H14F6N2O2S/c18-16(19,20)12-5-13(17(21,22)23)7-15(6-12)28(26,27)25-14-3-1-2-10(4-14)11-8-24-9-11/h1-7,11,24-25H,8-9H2. The lowest BCUT2D eigenvalue weighted by Crippen LogP contribution is -2.39. The molecule has 1 heterocycles. The van der Waals surface area contributed by atoms with Gasteiger partial charge in [-0.2, -0.15) is 26.3 Å². The van der Waals surface area contributed by atoms with Gasteiger partial charge >= 0.3 is 12.4 Å². The van der Waals surface area contributed by atoms with Crippen LogP contribution in [-0.2, 0) is 22.4 Å². The zero-order chi connectivity index (χ0) is 20.7. The van der Waals surface area contributed by atoms with Gasteiger partial charge in [0, 0.05) is 24.7 Å². The molecule has 11 heteroatoms. The first-order chi connectivity index (χ1) is 12.9. The van der Waals surface area contributed by atoms with Crippen LogP contribution in [0.4, 0.5) is 32.0 Å². The number of anilines is 1. The van der Waals surface area contributed by atoms with Crippen molar-refractivity contribution in [2.45, 2.75) is 23.2 Å². The van der Waals surface area contributed by atoms with Gasteiger partial charge in [-0.3, -0.25) is 4.72 Å². The van der Waals surface area contributed by atoms with Crippen LogP contribution in [0.25, 0.3) is 0 Å². The molecule has 1 aliphatic heterocycles. The molecule has 2 aromatic rings. The Labute approximate surface area is 156 Å². The number of hydrogen-bond donors (Lipinski definition) is 2. The zero-order valence-electron chi connectivity index (χ0n) is 14.0. The van der Waals surface area contributed by atoms with Gasteiger partial charge in [0.2, 0.25) is 0 Å². The summed E-state index contributed by atoms with van der Waals surface area (Å²) in [5, 5.41) is 3.04. The summed E-state index contributed by atoms with van der Waals surface area (Å²) in [6, 6.07) is 6.42. The molecule has 0 bridgehead atoms. The van der Waals surface area contributed by atoms with Crippen LogP contribution in [0.5, 0.6) is 0 Å². The maximum absolute atomic E-state index is 12.9. The van der Waals surface area contributed by atoms with Crippen LogP contribution in [0.2, 0.25) is 0 Å². The monoisotopic (exact) mass is 424 g/mol. The first kappa shape index (κ1) is 20.5. The molecule has 1 aliphatic rings. The van der Waals surface area contributed by atoms with E-state index >= 15 is 0 Å². The van der Waals surface area contributed by atoms with Crippen molar-refractivity contribution in [3.05, 3.63) is 59.2 Å².